The van der Waals surface area contributed by atoms with Crippen LogP contribution >= 0.6 is 0 Å². The zero-order chi connectivity index (χ0) is 19.8. The third-order valence-electron chi connectivity index (χ3n) is 4.79. The Hall–Kier alpha value is -3.40. The maximum atomic E-state index is 11.9. The lowest BCUT2D eigenvalue weighted by molar-refractivity contribution is -0.131. The van der Waals surface area contributed by atoms with Gasteiger partial charge in [-0.3, -0.25) is 9.59 Å². The molecule has 2 aliphatic rings. The minimum absolute atomic E-state index is 0.116. The van der Waals surface area contributed by atoms with Crippen molar-refractivity contribution in [2.75, 3.05) is 0 Å². The molecule has 2 aromatic carbocycles. The highest BCUT2D eigenvalue weighted by Crippen LogP contribution is 2.43. The second-order valence-corrected chi connectivity index (χ2v) is 7.14. The van der Waals surface area contributed by atoms with Crippen LogP contribution in [0.4, 0.5) is 0 Å². The predicted molar refractivity (Wildman–Crippen MR) is 110 cm³/mol. The molecule has 140 valence electrons. The van der Waals surface area contributed by atoms with Gasteiger partial charge >= 0.3 is 5.97 Å². The molecule has 0 spiro atoms. The summed E-state index contributed by atoms with van der Waals surface area (Å²) < 4.78 is 11.5. The summed E-state index contributed by atoms with van der Waals surface area (Å²) in [6.07, 6.45) is 0. The van der Waals surface area contributed by atoms with E-state index in [1.165, 1.54) is 19.1 Å². The van der Waals surface area contributed by atoms with Gasteiger partial charge in [-0.2, -0.15) is 0 Å². The Bertz CT molecular complexity index is 1220. The zero-order valence-electron chi connectivity index (χ0n) is 16.0. The molecule has 4 nitrogen and oxygen atoms in total. The van der Waals surface area contributed by atoms with Gasteiger partial charge in [-0.15, -0.1) is 0 Å². The molecule has 28 heavy (non-hydrogen) atoms. The molecule has 0 aromatic heterocycles. The van der Waals surface area contributed by atoms with Gasteiger partial charge in [0.2, 0.25) is 0 Å². The van der Waals surface area contributed by atoms with Crippen molar-refractivity contribution in [2.24, 2.45) is 0 Å². The normalized spacial score (nSPS) is 11.3. The van der Waals surface area contributed by atoms with Crippen molar-refractivity contribution in [1.29, 1.82) is 0 Å². The first-order valence-corrected chi connectivity index (χ1v) is 9.22. The number of hydrogen-bond acceptors (Lipinski definition) is 4. The van der Waals surface area contributed by atoms with Crippen LogP contribution in [-0.4, -0.2) is 5.97 Å². The molecule has 1 aliphatic heterocycles. The van der Waals surface area contributed by atoms with Crippen LogP contribution in [0.5, 0.6) is 5.75 Å². The van der Waals surface area contributed by atoms with Crippen LogP contribution in [0.3, 0.4) is 0 Å². The van der Waals surface area contributed by atoms with Crippen molar-refractivity contribution in [2.45, 2.75) is 26.7 Å². The molecular formula is C24H20O4. The summed E-state index contributed by atoms with van der Waals surface area (Å²) in [5.74, 6) is 0.944. The highest BCUT2D eigenvalue weighted by Gasteiger charge is 2.20. The highest BCUT2D eigenvalue weighted by atomic mass is 16.5. The molecule has 0 saturated carbocycles. The van der Waals surface area contributed by atoms with E-state index in [1.807, 2.05) is 30.3 Å². The number of fused-ring (bicyclic) bond motifs is 2. The Morgan fingerprint density at radius 3 is 2.50 bits per heavy atom. The summed E-state index contributed by atoms with van der Waals surface area (Å²) in [4.78, 5) is 23.5. The average molecular weight is 372 g/mol. The Morgan fingerprint density at radius 1 is 0.964 bits per heavy atom. The fraction of sp³-hybridized carbons (Fsp3) is 0.167. The third-order valence-corrected chi connectivity index (χ3v) is 4.79. The number of benzene rings is 3. The van der Waals surface area contributed by atoms with Crippen LogP contribution in [0.25, 0.3) is 33.4 Å². The smallest absolute Gasteiger partial charge is 0.308 e. The number of para-hydroxylation sites is 1. The topological polar surface area (TPSA) is 56.5 Å². The van der Waals surface area contributed by atoms with E-state index in [1.54, 1.807) is 12.1 Å². The summed E-state index contributed by atoms with van der Waals surface area (Å²) in [7, 11) is 0. The molecule has 0 saturated heterocycles. The van der Waals surface area contributed by atoms with Crippen molar-refractivity contribution < 1.29 is 13.9 Å². The monoisotopic (exact) mass is 372 g/mol. The Balaban J connectivity index is 2.12. The molecular weight excluding hydrogens is 352 g/mol. The van der Waals surface area contributed by atoms with Crippen molar-refractivity contribution in [3.8, 4) is 28.2 Å². The Labute approximate surface area is 162 Å². The number of carbonyl (C=O) groups is 1. The standard InChI is InChI=1S/C24H20O4/c1-14(2)16-8-10-19-22(12-16)28-23-13-17(26)9-11-20(23)24(19)18-6-4-5-7-21(18)27-15(3)25/h4-14H,1-3H3. The maximum Gasteiger partial charge on any atom is 0.308 e. The second-order valence-electron chi connectivity index (χ2n) is 7.14. The number of esters is 1. The van der Waals surface area contributed by atoms with Crippen LogP contribution < -0.4 is 10.2 Å². The summed E-state index contributed by atoms with van der Waals surface area (Å²) >= 11 is 0. The molecule has 0 amide bonds. The Morgan fingerprint density at radius 2 is 1.75 bits per heavy atom. The zero-order valence-corrected chi connectivity index (χ0v) is 16.0. The van der Waals surface area contributed by atoms with Crippen LogP contribution in [0, 0.1) is 0 Å². The molecule has 0 atom stereocenters. The molecule has 2 aromatic rings. The van der Waals surface area contributed by atoms with E-state index in [4.69, 9.17) is 9.15 Å². The Kier molecular flexibility index (Phi) is 4.47. The van der Waals surface area contributed by atoms with Gasteiger partial charge in [0, 0.05) is 35.1 Å². The minimum atomic E-state index is -0.384. The first-order chi connectivity index (χ1) is 13.4. The van der Waals surface area contributed by atoms with Crippen molar-refractivity contribution in [3.05, 3.63) is 76.5 Å². The van der Waals surface area contributed by atoms with Gasteiger partial charge in [-0.25, -0.2) is 0 Å². The summed E-state index contributed by atoms with van der Waals surface area (Å²) in [5.41, 5.74) is 4.17. The largest absolute Gasteiger partial charge is 0.456 e. The molecule has 1 heterocycles. The van der Waals surface area contributed by atoms with E-state index in [2.05, 4.69) is 19.9 Å². The fourth-order valence-electron chi connectivity index (χ4n) is 3.45. The lowest BCUT2D eigenvalue weighted by atomic mass is 9.91. The van der Waals surface area contributed by atoms with Gasteiger partial charge < -0.3 is 9.15 Å². The van der Waals surface area contributed by atoms with E-state index < -0.39 is 0 Å². The van der Waals surface area contributed by atoms with Crippen molar-refractivity contribution >= 4 is 16.9 Å². The predicted octanol–water partition coefficient (Wildman–Crippen LogP) is 5.61. The quantitative estimate of drug-likeness (QED) is 0.266. The lowest BCUT2D eigenvalue weighted by Gasteiger charge is -2.18. The lowest BCUT2D eigenvalue weighted by Crippen LogP contribution is -2.04. The van der Waals surface area contributed by atoms with Crippen molar-refractivity contribution in [1.82, 2.24) is 0 Å². The van der Waals surface area contributed by atoms with E-state index >= 15 is 0 Å². The van der Waals surface area contributed by atoms with Crippen LogP contribution in [0.2, 0.25) is 0 Å². The van der Waals surface area contributed by atoms with E-state index in [0.717, 1.165) is 27.6 Å². The number of hydrogen-bond donors (Lipinski definition) is 0. The summed E-state index contributed by atoms with van der Waals surface area (Å²) in [6, 6.07) is 18.3. The first-order valence-electron chi connectivity index (χ1n) is 9.22. The molecule has 0 bridgehead atoms. The molecule has 0 unspecified atom stereocenters. The number of rotatable bonds is 3. The van der Waals surface area contributed by atoms with Gasteiger partial charge in [0.05, 0.1) is 0 Å². The number of carbonyl (C=O) groups excluding carboxylic acids is 1. The third kappa shape index (κ3) is 3.18. The summed E-state index contributed by atoms with van der Waals surface area (Å²) in [5, 5.41) is 0.898. The van der Waals surface area contributed by atoms with Gasteiger partial charge in [0.1, 0.15) is 17.1 Å². The molecule has 0 fully saturated rings. The van der Waals surface area contributed by atoms with Gasteiger partial charge in [0.25, 0.3) is 0 Å². The summed E-state index contributed by atoms with van der Waals surface area (Å²) in [6.45, 7) is 5.62. The van der Waals surface area contributed by atoms with Gasteiger partial charge in [0.15, 0.2) is 5.43 Å². The first kappa shape index (κ1) is 18.0. The molecule has 0 N–H and O–H groups in total. The van der Waals surface area contributed by atoms with Crippen LogP contribution in [0.1, 0.15) is 32.3 Å². The van der Waals surface area contributed by atoms with Gasteiger partial charge in [-0.1, -0.05) is 44.2 Å². The van der Waals surface area contributed by atoms with E-state index in [-0.39, 0.29) is 11.4 Å². The SMILES string of the molecule is CC(=O)Oc1ccccc1-c1c2ccc(=O)cc-2oc2cc(C(C)C)ccc12. The van der Waals surface area contributed by atoms with E-state index in [0.29, 0.717) is 23.0 Å². The molecule has 4 rings (SSSR count). The fourth-order valence-corrected chi connectivity index (χ4v) is 3.45. The minimum Gasteiger partial charge on any atom is -0.456 e. The highest BCUT2D eigenvalue weighted by molar-refractivity contribution is 6.03. The van der Waals surface area contributed by atoms with Crippen LogP contribution in [-0.2, 0) is 4.79 Å². The van der Waals surface area contributed by atoms with Gasteiger partial charge in [-0.05, 0) is 35.7 Å². The average Bonchev–Trinajstić information content (AvgIpc) is 2.65. The molecule has 4 heteroatoms. The van der Waals surface area contributed by atoms with E-state index in [9.17, 15) is 9.59 Å². The molecule has 0 radical (unpaired) electrons. The maximum absolute atomic E-state index is 11.9. The van der Waals surface area contributed by atoms with Crippen molar-refractivity contribution in [3.63, 3.8) is 0 Å². The van der Waals surface area contributed by atoms with Crippen LogP contribution in [0.15, 0.2) is 69.9 Å². The second kappa shape index (κ2) is 6.97. The number of ether oxygens (including phenoxy) is 1. The molecule has 1 aliphatic carbocycles.